The van der Waals surface area contributed by atoms with Gasteiger partial charge < -0.3 is 4.89 Å². The zero-order chi connectivity index (χ0) is 17.3. The summed E-state index contributed by atoms with van der Waals surface area (Å²) in [5.74, 6) is 0. The van der Waals surface area contributed by atoms with Crippen molar-refractivity contribution in [2.24, 2.45) is 0 Å². The van der Waals surface area contributed by atoms with Crippen LogP contribution in [0.3, 0.4) is 0 Å². The van der Waals surface area contributed by atoms with Gasteiger partial charge in [0.15, 0.2) is 5.60 Å². The van der Waals surface area contributed by atoms with Gasteiger partial charge in [-0.3, -0.25) is 9.05 Å². The Labute approximate surface area is 146 Å². The fourth-order valence-corrected chi connectivity index (χ4v) is 4.58. The summed E-state index contributed by atoms with van der Waals surface area (Å²) in [6.07, 6.45) is -0.741. The molecule has 1 N–H and O–H groups in total. The lowest BCUT2D eigenvalue weighted by Gasteiger charge is -2.33. The van der Waals surface area contributed by atoms with Crippen LogP contribution in [0.15, 0.2) is 91.0 Å². The topological polar surface area (TPSA) is 55.8 Å². The van der Waals surface area contributed by atoms with Crippen LogP contribution in [0, 0.1) is 0 Å². The maximum Gasteiger partial charge on any atom is 0.474 e. The quantitative estimate of drug-likeness (QED) is 0.687. The highest BCUT2D eigenvalue weighted by atomic mass is 31.2. The molecule has 0 amide bonds. The molecule has 1 fully saturated rings. The van der Waals surface area contributed by atoms with Crippen LogP contribution in [-0.2, 0) is 19.2 Å². The van der Waals surface area contributed by atoms with Crippen LogP contribution in [-0.4, -0.2) is 4.89 Å². The second kappa shape index (κ2) is 6.25. The largest absolute Gasteiger partial charge is 0.474 e. The van der Waals surface area contributed by atoms with Gasteiger partial charge in [-0.1, -0.05) is 91.0 Å². The van der Waals surface area contributed by atoms with Crippen LogP contribution in [0.1, 0.15) is 22.8 Å². The molecule has 1 aliphatic rings. The normalized spacial score (nSPS) is 24.9. The predicted molar refractivity (Wildman–Crippen MR) is 94.8 cm³/mol. The molecule has 5 heteroatoms. The van der Waals surface area contributed by atoms with Crippen molar-refractivity contribution in [1.82, 2.24) is 0 Å². The van der Waals surface area contributed by atoms with Gasteiger partial charge in [0, 0.05) is 0 Å². The molecule has 0 aliphatic carbocycles. The Hall–Kier alpha value is -2.23. The fraction of sp³-hybridized carbons (Fsp3) is 0.100. The first-order valence-electron chi connectivity index (χ1n) is 8.00. The summed E-state index contributed by atoms with van der Waals surface area (Å²) in [5.41, 5.74) is 1.11. The number of phosphoric ester groups is 1. The first kappa shape index (κ1) is 16.2. The third kappa shape index (κ3) is 2.84. The van der Waals surface area contributed by atoms with Crippen LogP contribution in [0.25, 0.3) is 0 Å². The van der Waals surface area contributed by atoms with Gasteiger partial charge in [-0.05, 0) is 16.7 Å². The maximum atomic E-state index is 12.5. The molecule has 1 saturated heterocycles. The summed E-state index contributed by atoms with van der Waals surface area (Å²) in [5, 5.41) is 0. The molecule has 3 aromatic rings. The van der Waals surface area contributed by atoms with Crippen LogP contribution in [0.4, 0.5) is 0 Å². The molecule has 0 bridgehead atoms. The van der Waals surface area contributed by atoms with Crippen LogP contribution < -0.4 is 0 Å². The van der Waals surface area contributed by atoms with E-state index in [0.29, 0.717) is 0 Å². The van der Waals surface area contributed by atoms with Crippen LogP contribution in [0.5, 0.6) is 0 Å². The molecule has 4 nitrogen and oxygen atoms in total. The van der Waals surface area contributed by atoms with E-state index in [4.69, 9.17) is 9.05 Å². The van der Waals surface area contributed by atoms with Gasteiger partial charge >= 0.3 is 7.82 Å². The van der Waals surface area contributed by atoms with Crippen LogP contribution in [0.2, 0.25) is 0 Å². The number of hydrogen-bond donors (Lipinski definition) is 1. The molecule has 0 saturated carbocycles. The highest BCUT2D eigenvalue weighted by Crippen LogP contribution is 2.67. The molecule has 2 unspecified atom stereocenters. The van der Waals surface area contributed by atoms with Crippen molar-refractivity contribution in [2.45, 2.75) is 11.7 Å². The van der Waals surface area contributed by atoms with E-state index in [0.717, 1.165) is 16.7 Å². The van der Waals surface area contributed by atoms with E-state index >= 15 is 0 Å². The molecular weight excluding hydrogens is 335 g/mol. The third-order valence-corrected chi connectivity index (χ3v) is 5.37. The lowest BCUT2D eigenvalue weighted by molar-refractivity contribution is 0.0720. The van der Waals surface area contributed by atoms with E-state index in [1.54, 1.807) is 0 Å². The highest BCUT2D eigenvalue weighted by molar-refractivity contribution is 7.47. The van der Waals surface area contributed by atoms with E-state index in [2.05, 4.69) is 0 Å². The molecule has 1 aliphatic heterocycles. The van der Waals surface area contributed by atoms with Crippen LogP contribution >= 0.6 is 7.82 Å². The Balaban J connectivity index is 2.00. The van der Waals surface area contributed by atoms with E-state index in [-0.39, 0.29) is 0 Å². The van der Waals surface area contributed by atoms with Gasteiger partial charge in [-0.25, -0.2) is 4.57 Å². The summed E-state index contributed by atoms with van der Waals surface area (Å²) in [6.45, 7) is 0. The fourth-order valence-electron chi connectivity index (χ4n) is 3.33. The number of phosphoric acid groups is 1. The summed E-state index contributed by atoms with van der Waals surface area (Å²) >= 11 is 0. The Kier molecular flexibility index (Phi) is 4.06. The van der Waals surface area contributed by atoms with Crippen molar-refractivity contribution < 1.29 is 18.5 Å². The van der Waals surface area contributed by atoms with E-state index in [9.17, 15) is 9.46 Å². The number of rotatable bonds is 3. The minimum atomic E-state index is -4.22. The Bertz CT molecular complexity index is 857. The molecule has 4 rings (SSSR count). The van der Waals surface area contributed by atoms with E-state index in [1.807, 2.05) is 91.0 Å². The zero-order valence-electron chi connectivity index (χ0n) is 13.4. The molecule has 0 radical (unpaired) electrons. The molecule has 25 heavy (non-hydrogen) atoms. The summed E-state index contributed by atoms with van der Waals surface area (Å²) in [4.78, 5) is 10.2. The molecular formula is C20H17O4P. The van der Waals surface area contributed by atoms with Gasteiger partial charge in [0.2, 0.25) is 0 Å². The van der Waals surface area contributed by atoms with E-state index in [1.165, 1.54) is 0 Å². The zero-order valence-corrected chi connectivity index (χ0v) is 14.3. The third-order valence-electron chi connectivity index (χ3n) is 4.37. The van der Waals surface area contributed by atoms with Gasteiger partial charge in [0.1, 0.15) is 6.10 Å². The number of hydrogen-bond acceptors (Lipinski definition) is 3. The second-order valence-corrected chi connectivity index (χ2v) is 7.25. The van der Waals surface area contributed by atoms with Crippen molar-refractivity contribution >= 4 is 7.82 Å². The first-order valence-corrected chi connectivity index (χ1v) is 9.49. The van der Waals surface area contributed by atoms with Crippen molar-refractivity contribution in [2.75, 3.05) is 0 Å². The first-order chi connectivity index (χ1) is 12.1. The minimum Gasteiger partial charge on any atom is -0.302 e. The predicted octanol–water partition coefficient (Wildman–Crippen LogP) is 4.82. The van der Waals surface area contributed by atoms with Crippen molar-refractivity contribution in [3.05, 3.63) is 108 Å². The minimum absolute atomic E-state index is 0.741. The molecule has 3 aromatic carbocycles. The molecule has 0 aromatic heterocycles. The van der Waals surface area contributed by atoms with Gasteiger partial charge in [0.25, 0.3) is 0 Å². The van der Waals surface area contributed by atoms with Gasteiger partial charge in [-0.15, -0.1) is 0 Å². The highest BCUT2D eigenvalue weighted by Gasteiger charge is 2.58. The Morgan fingerprint density at radius 1 is 0.760 bits per heavy atom. The standard InChI is InChI=1S/C20H17O4P/c21-25(22)23-19(16-10-4-1-5-11-16)20(24-25,17-12-6-2-7-13-17)18-14-8-3-9-15-18/h1-15,19H,(H,21,22). The lowest BCUT2D eigenvalue weighted by atomic mass is 9.79. The molecule has 0 spiro atoms. The molecule has 2 atom stereocenters. The second-order valence-electron chi connectivity index (χ2n) is 5.92. The average molecular weight is 352 g/mol. The van der Waals surface area contributed by atoms with Crippen molar-refractivity contribution in [3.63, 3.8) is 0 Å². The molecule has 126 valence electrons. The summed E-state index contributed by atoms with van der Waals surface area (Å²) in [6, 6.07) is 28.3. The van der Waals surface area contributed by atoms with Crippen molar-refractivity contribution in [3.8, 4) is 0 Å². The summed E-state index contributed by atoms with van der Waals surface area (Å²) < 4.78 is 23.8. The summed E-state index contributed by atoms with van der Waals surface area (Å²) in [7, 11) is -4.22. The Morgan fingerprint density at radius 3 is 1.68 bits per heavy atom. The monoisotopic (exact) mass is 352 g/mol. The Morgan fingerprint density at radius 2 is 1.20 bits per heavy atom. The van der Waals surface area contributed by atoms with E-state index < -0.39 is 19.5 Å². The lowest BCUT2D eigenvalue weighted by Crippen LogP contribution is -2.32. The van der Waals surface area contributed by atoms with Gasteiger partial charge in [0.05, 0.1) is 0 Å². The average Bonchev–Trinajstić information content (AvgIpc) is 2.97. The SMILES string of the molecule is O=P1(O)OC(c2ccccc2)C(c2ccccc2)(c2ccccc2)O1. The smallest absolute Gasteiger partial charge is 0.302 e. The maximum absolute atomic E-state index is 12.5. The van der Waals surface area contributed by atoms with Gasteiger partial charge in [-0.2, -0.15) is 0 Å². The van der Waals surface area contributed by atoms with Crippen molar-refractivity contribution in [1.29, 1.82) is 0 Å². The number of benzene rings is 3. The molecule has 1 heterocycles.